The summed E-state index contributed by atoms with van der Waals surface area (Å²) in [6.07, 6.45) is 3.35. The van der Waals surface area contributed by atoms with E-state index in [0.717, 1.165) is 25.9 Å². The van der Waals surface area contributed by atoms with E-state index in [9.17, 15) is 9.59 Å². The minimum atomic E-state index is -0.164. The predicted octanol–water partition coefficient (Wildman–Crippen LogP) is 0.525. The van der Waals surface area contributed by atoms with Crippen molar-refractivity contribution in [3.63, 3.8) is 0 Å². The third-order valence-electron chi connectivity index (χ3n) is 2.39. The number of nitrogens with zero attached hydrogens (tertiary/aromatic N) is 1. The summed E-state index contributed by atoms with van der Waals surface area (Å²) in [6, 6.07) is 0. The molecule has 0 aromatic carbocycles. The van der Waals surface area contributed by atoms with E-state index in [1.807, 2.05) is 6.92 Å². The van der Waals surface area contributed by atoms with Crippen LogP contribution in [0.3, 0.4) is 0 Å². The number of piperidine rings is 1. The maximum Gasteiger partial charge on any atom is 0.232 e. The molecule has 0 unspecified atom stereocenters. The van der Waals surface area contributed by atoms with Crippen molar-refractivity contribution < 1.29 is 9.59 Å². The summed E-state index contributed by atoms with van der Waals surface area (Å²) in [4.78, 5) is 24.5. The molecule has 4 heteroatoms. The number of carbonyl (C=O) groups is 2. The van der Waals surface area contributed by atoms with Crippen LogP contribution in [0.25, 0.3) is 0 Å². The molecule has 0 aliphatic carbocycles. The van der Waals surface area contributed by atoms with Crippen LogP contribution in [-0.2, 0) is 9.59 Å². The minimum Gasteiger partial charge on any atom is -0.356 e. The molecule has 1 fully saturated rings. The van der Waals surface area contributed by atoms with Gasteiger partial charge in [0.2, 0.25) is 11.8 Å². The first-order valence-electron chi connectivity index (χ1n) is 5.28. The van der Waals surface area contributed by atoms with Crippen molar-refractivity contribution in [1.82, 2.24) is 10.2 Å². The van der Waals surface area contributed by atoms with Crippen LogP contribution in [-0.4, -0.2) is 36.3 Å². The third kappa shape index (κ3) is 3.36. The molecule has 0 radical (unpaired) electrons. The summed E-state index contributed by atoms with van der Waals surface area (Å²) in [5.41, 5.74) is 0. The highest BCUT2D eigenvalue weighted by molar-refractivity contribution is 5.96. The molecular formula is C10H18N2O2. The standard InChI is InChI=1S/C10H18N2O2/c1-2-11-9(13)8-10(14)12-6-4-3-5-7-12/h2-8H2,1H3,(H,11,13). The fourth-order valence-electron chi connectivity index (χ4n) is 1.65. The molecule has 1 rings (SSSR count). The predicted molar refractivity (Wildman–Crippen MR) is 53.7 cm³/mol. The summed E-state index contributed by atoms with van der Waals surface area (Å²) in [5.74, 6) is -0.196. The molecule has 1 aliphatic heterocycles. The number of amides is 2. The molecule has 2 amide bonds. The lowest BCUT2D eigenvalue weighted by molar-refractivity contribution is -0.136. The van der Waals surface area contributed by atoms with Gasteiger partial charge in [0.25, 0.3) is 0 Å². The van der Waals surface area contributed by atoms with E-state index in [1.165, 1.54) is 6.42 Å². The molecule has 1 N–H and O–H groups in total. The molecule has 0 aromatic heterocycles. The molecular weight excluding hydrogens is 180 g/mol. The smallest absolute Gasteiger partial charge is 0.232 e. The Morgan fingerprint density at radius 1 is 1.21 bits per heavy atom. The molecule has 0 aromatic rings. The van der Waals surface area contributed by atoms with E-state index >= 15 is 0 Å². The van der Waals surface area contributed by atoms with Gasteiger partial charge in [-0.15, -0.1) is 0 Å². The van der Waals surface area contributed by atoms with Crippen molar-refractivity contribution in [3.05, 3.63) is 0 Å². The largest absolute Gasteiger partial charge is 0.356 e. The van der Waals surface area contributed by atoms with Crippen LogP contribution in [0.4, 0.5) is 0 Å². The summed E-state index contributed by atoms with van der Waals surface area (Å²) in [5, 5.41) is 2.63. The maximum absolute atomic E-state index is 11.5. The second-order valence-electron chi connectivity index (χ2n) is 3.57. The Balaban J connectivity index is 2.29. The summed E-state index contributed by atoms with van der Waals surface area (Å²) >= 11 is 0. The first-order chi connectivity index (χ1) is 6.74. The van der Waals surface area contributed by atoms with Crippen LogP contribution < -0.4 is 5.32 Å². The van der Waals surface area contributed by atoms with E-state index in [1.54, 1.807) is 4.90 Å². The van der Waals surface area contributed by atoms with E-state index in [0.29, 0.717) is 6.54 Å². The normalized spacial score (nSPS) is 16.5. The summed E-state index contributed by atoms with van der Waals surface area (Å²) in [7, 11) is 0. The summed E-state index contributed by atoms with van der Waals surface area (Å²) < 4.78 is 0. The second-order valence-corrected chi connectivity index (χ2v) is 3.57. The number of nitrogens with one attached hydrogen (secondary N) is 1. The first kappa shape index (κ1) is 11.0. The quantitative estimate of drug-likeness (QED) is 0.672. The van der Waals surface area contributed by atoms with Gasteiger partial charge in [-0.25, -0.2) is 0 Å². The second kappa shape index (κ2) is 5.62. The van der Waals surface area contributed by atoms with E-state index in [4.69, 9.17) is 0 Å². The Kier molecular flexibility index (Phi) is 4.43. The van der Waals surface area contributed by atoms with Crippen molar-refractivity contribution in [2.75, 3.05) is 19.6 Å². The van der Waals surface area contributed by atoms with E-state index in [-0.39, 0.29) is 18.2 Å². The maximum atomic E-state index is 11.5. The van der Waals surface area contributed by atoms with Crippen LogP contribution >= 0.6 is 0 Å². The van der Waals surface area contributed by atoms with Crippen LogP contribution in [0, 0.1) is 0 Å². The number of rotatable bonds is 3. The zero-order chi connectivity index (χ0) is 10.4. The molecule has 0 saturated carbocycles. The van der Waals surface area contributed by atoms with Gasteiger partial charge in [0.1, 0.15) is 6.42 Å². The number of hydrogen-bond acceptors (Lipinski definition) is 2. The Morgan fingerprint density at radius 3 is 2.43 bits per heavy atom. The van der Waals surface area contributed by atoms with E-state index < -0.39 is 0 Å². The van der Waals surface area contributed by atoms with Gasteiger partial charge in [0.05, 0.1) is 0 Å². The van der Waals surface area contributed by atoms with Crippen molar-refractivity contribution >= 4 is 11.8 Å². The van der Waals surface area contributed by atoms with Crippen LogP contribution in [0.2, 0.25) is 0 Å². The Labute approximate surface area is 84.7 Å². The Bertz CT molecular complexity index is 210. The lowest BCUT2D eigenvalue weighted by Gasteiger charge is -2.26. The topological polar surface area (TPSA) is 49.4 Å². The molecule has 80 valence electrons. The van der Waals surface area contributed by atoms with Gasteiger partial charge in [0, 0.05) is 19.6 Å². The monoisotopic (exact) mass is 198 g/mol. The highest BCUT2D eigenvalue weighted by Gasteiger charge is 2.18. The number of carbonyl (C=O) groups excluding carboxylic acids is 2. The molecule has 14 heavy (non-hydrogen) atoms. The van der Waals surface area contributed by atoms with Gasteiger partial charge in [-0.3, -0.25) is 9.59 Å². The van der Waals surface area contributed by atoms with Crippen molar-refractivity contribution in [2.24, 2.45) is 0 Å². The summed E-state index contributed by atoms with van der Waals surface area (Å²) in [6.45, 7) is 4.08. The SMILES string of the molecule is CCNC(=O)CC(=O)N1CCCCC1. The molecule has 4 nitrogen and oxygen atoms in total. The molecule has 1 heterocycles. The molecule has 1 aliphatic rings. The molecule has 1 saturated heterocycles. The van der Waals surface area contributed by atoms with Crippen LogP contribution in [0.15, 0.2) is 0 Å². The fourth-order valence-corrected chi connectivity index (χ4v) is 1.65. The van der Waals surface area contributed by atoms with E-state index in [2.05, 4.69) is 5.32 Å². The fraction of sp³-hybridized carbons (Fsp3) is 0.800. The van der Waals surface area contributed by atoms with Gasteiger partial charge in [0.15, 0.2) is 0 Å². The Hall–Kier alpha value is -1.06. The molecule has 0 spiro atoms. The minimum absolute atomic E-state index is 0.00778. The average Bonchev–Trinajstić information content (AvgIpc) is 2.19. The third-order valence-corrected chi connectivity index (χ3v) is 2.39. The Morgan fingerprint density at radius 2 is 1.86 bits per heavy atom. The van der Waals surface area contributed by atoms with Gasteiger partial charge < -0.3 is 10.2 Å². The van der Waals surface area contributed by atoms with Crippen LogP contribution in [0.1, 0.15) is 32.6 Å². The molecule has 0 bridgehead atoms. The number of likely N-dealkylation sites (tertiary alicyclic amines) is 1. The highest BCUT2D eigenvalue weighted by atomic mass is 16.2. The van der Waals surface area contributed by atoms with Crippen molar-refractivity contribution in [2.45, 2.75) is 32.6 Å². The lowest BCUT2D eigenvalue weighted by Crippen LogP contribution is -2.38. The van der Waals surface area contributed by atoms with Crippen molar-refractivity contribution in [1.29, 1.82) is 0 Å². The van der Waals surface area contributed by atoms with Gasteiger partial charge in [-0.1, -0.05) is 0 Å². The van der Waals surface area contributed by atoms with Gasteiger partial charge in [-0.05, 0) is 26.2 Å². The average molecular weight is 198 g/mol. The lowest BCUT2D eigenvalue weighted by atomic mass is 10.1. The van der Waals surface area contributed by atoms with Crippen molar-refractivity contribution in [3.8, 4) is 0 Å². The highest BCUT2D eigenvalue weighted by Crippen LogP contribution is 2.09. The van der Waals surface area contributed by atoms with Crippen LogP contribution in [0.5, 0.6) is 0 Å². The zero-order valence-electron chi connectivity index (χ0n) is 8.71. The first-order valence-corrected chi connectivity index (χ1v) is 5.28. The molecule has 0 atom stereocenters. The zero-order valence-corrected chi connectivity index (χ0v) is 8.71. The number of hydrogen-bond donors (Lipinski definition) is 1. The van der Waals surface area contributed by atoms with Gasteiger partial charge in [-0.2, -0.15) is 0 Å². The van der Waals surface area contributed by atoms with Gasteiger partial charge >= 0.3 is 0 Å².